The van der Waals surface area contributed by atoms with Crippen LogP contribution in [-0.2, 0) is 6.54 Å². The van der Waals surface area contributed by atoms with Crippen molar-refractivity contribution in [1.29, 1.82) is 0 Å². The lowest BCUT2D eigenvalue weighted by Crippen LogP contribution is -2.35. The highest BCUT2D eigenvalue weighted by atomic mass is 15.2. The molecule has 4 nitrogen and oxygen atoms in total. The number of hydrogen-bond acceptors (Lipinski definition) is 4. The molecule has 0 aliphatic carbocycles. The predicted molar refractivity (Wildman–Crippen MR) is 89.9 cm³/mol. The standard InChI is InChI=1S/C17H30N4/c1-14-11-15(13-18-17(2,3)4)12-16(19-14)21-8-6-7-20(5)9-10-21/h11-12,18H,6-10,13H2,1-5H3. The van der Waals surface area contributed by atoms with Gasteiger partial charge in [-0.05, 0) is 65.4 Å². The zero-order chi connectivity index (χ0) is 15.5. The van der Waals surface area contributed by atoms with Gasteiger partial charge in [-0.25, -0.2) is 4.98 Å². The molecule has 0 unspecified atom stereocenters. The second kappa shape index (κ2) is 6.75. The summed E-state index contributed by atoms with van der Waals surface area (Å²) in [5, 5.41) is 3.56. The van der Waals surface area contributed by atoms with Crippen LogP contribution < -0.4 is 10.2 Å². The van der Waals surface area contributed by atoms with Gasteiger partial charge in [0.05, 0.1) is 0 Å². The minimum Gasteiger partial charge on any atom is -0.355 e. The van der Waals surface area contributed by atoms with Crippen LogP contribution in [0.5, 0.6) is 0 Å². The van der Waals surface area contributed by atoms with Crippen molar-refractivity contribution in [2.75, 3.05) is 38.1 Å². The maximum absolute atomic E-state index is 4.75. The van der Waals surface area contributed by atoms with Crippen molar-refractivity contribution in [1.82, 2.24) is 15.2 Å². The molecule has 1 aromatic heterocycles. The first-order chi connectivity index (χ1) is 9.83. The van der Waals surface area contributed by atoms with E-state index in [0.29, 0.717) is 0 Å². The number of rotatable bonds is 3. The van der Waals surface area contributed by atoms with Gasteiger partial charge in [-0.3, -0.25) is 0 Å². The van der Waals surface area contributed by atoms with Crippen LogP contribution in [0.25, 0.3) is 0 Å². The molecule has 0 aromatic carbocycles. The summed E-state index contributed by atoms with van der Waals surface area (Å²) in [4.78, 5) is 9.58. The van der Waals surface area contributed by atoms with Gasteiger partial charge < -0.3 is 15.1 Å². The Bertz CT molecular complexity index is 464. The fourth-order valence-electron chi connectivity index (χ4n) is 2.63. The van der Waals surface area contributed by atoms with Crippen molar-refractivity contribution in [2.24, 2.45) is 0 Å². The summed E-state index contributed by atoms with van der Waals surface area (Å²) in [7, 11) is 2.20. The van der Waals surface area contributed by atoms with E-state index < -0.39 is 0 Å². The molecule has 2 rings (SSSR count). The van der Waals surface area contributed by atoms with Crippen molar-refractivity contribution < 1.29 is 0 Å². The Morgan fingerprint density at radius 2 is 1.90 bits per heavy atom. The SMILES string of the molecule is Cc1cc(CNC(C)(C)C)cc(N2CCCN(C)CC2)n1. The summed E-state index contributed by atoms with van der Waals surface area (Å²) < 4.78 is 0. The van der Waals surface area contributed by atoms with Crippen LogP contribution in [0.15, 0.2) is 12.1 Å². The molecule has 118 valence electrons. The summed E-state index contributed by atoms with van der Waals surface area (Å²) in [5.41, 5.74) is 2.57. The van der Waals surface area contributed by atoms with E-state index in [2.05, 4.69) is 62.0 Å². The summed E-state index contributed by atoms with van der Waals surface area (Å²) >= 11 is 0. The van der Waals surface area contributed by atoms with E-state index >= 15 is 0 Å². The van der Waals surface area contributed by atoms with Gasteiger partial charge in [-0.15, -0.1) is 0 Å². The molecule has 0 amide bonds. The number of hydrogen-bond donors (Lipinski definition) is 1. The third-order valence-corrected chi connectivity index (χ3v) is 3.87. The number of anilines is 1. The number of aryl methyl sites for hydroxylation is 1. The van der Waals surface area contributed by atoms with E-state index in [4.69, 9.17) is 4.98 Å². The Balaban J connectivity index is 2.10. The molecule has 0 bridgehead atoms. The fourth-order valence-corrected chi connectivity index (χ4v) is 2.63. The number of likely N-dealkylation sites (N-methyl/N-ethyl adjacent to an activating group) is 1. The van der Waals surface area contributed by atoms with Crippen LogP contribution in [0.3, 0.4) is 0 Å². The summed E-state index contributed by atoms with van der Waals surface area (Å²) in [6, 6.07) is 4.43. The maximum atomic E-state index is 4.75. The monoisotopic (exact) mass is 290 g/mol. The first kappa shape index (κ1) is 16.2. The molecule has 0 radical (unpaired) electrons. The minimum atomic E-state index is 0.142. The second-order valence-corrected chi connectivity index (χ2v) is 7.22. The average molecular weight is 290 g/mol. The predicted octanol–water partition coefficient (Wildman–Crippen LogP) is 2.42. The molecule has 1 N–H and O–H groups in total. The van der Waals surface area contributed by atoms with Crippen LogP contribution in [0.2, 0.25) is 0 Å². The lowest BCUT2D eigenvalue weighted by Gasteiger charge is -2.24. The smallest absolute Gasteiger partial charge is 0.129 e. The fraction of sp³-hybridized carbons (Fsp3) is 0.706. The average Bonchev–Trinajstić information content (AvgIpc) is 2.60. The molecule has 1 fully saturated rings. The van der Waals surface area contributed by atoms with E-state index in [1.807, 2.05) is 0 Å². The van der Waals surface area contributed by atoms with Crippen LogP contribution in [0, 0.1) is 6.92 Å². The second-order valence-electron chi connectivity index (χ2n) is 7.22. The Labute approximate surface area is 129 Å². The molecule has 0 atom stereocenters. The zero-order valence-corrected chi connectivity index (χ0v) is 14.2. The summed E-state index contributed by atoms with van der Waals surface area (Å²) in [6.45, 7) is 14.1. The summed E-state index contributed by atoms with van der Waals surface area (Å²) in [5.74, 6) is 1.14. The van der Waals surface area contributed by atoms with Crippen molar-refractivity contribution in [3.05, 3.63) is 23.4 Å². The Kier molecular flexibility index (Phi) is 5.22. The minimum absolute atomic E-state index is 0.142. The van der Waals surface area contributed by atoms with Crippen LogP contribution in [0.1, 0.15) is 38.4 Å². The van der Waals surface area contributed by atoms with Gasteiger partial charge >= 0.3 is 0 Å². The molecule has 1 saturated heterocycles. The number of aromatic nitrogens is 1. The van der Waals surface area contributed by atoms with Gasteiger partial charge in [-0.1, -0.05) is 0 Å². The van der Waals surface area contributed by atoms with Crippen molar-refractivity contribution in [2.45, 2.75) is 46.2 Å². The highest BCUT2D eigenvalue weighted by Gasteiger charge is 2.15. The van der Waals surface area contributed by atoms with Gasteiger partial charge in [0.25, 0.3) is 0 Å². The third-order valence-electron chi connectivity index (χ3n) is 3.87. The van der Waals surface area contributed by atoms with Crippen molar-refractivity contribution in [3.8, 4) is 0 Å². The maximum Gasteiger partial charge on any atom is 0.129 e. The van der Waals surface area contributed by atoms with E-state index in [1.54, 1.807) is 0 Å². The largest absolute Gasteiger partial charge is 0.355 e. The van der Waals surface area contributed by atoms with Gasteiger partial charge in [0.2, 0.25) is 0 Å². The third kappa shape index (κ3) is 5.29. The van der Waals surface area contributed by atoms with E-state index in [9.17, 15) is 0 Å². The van der Waals surface area contributed by atoms with Crippen molar-refractivity contribution >= 4 is 5.82 Å². The molecule has 21 heavy (non-hydrogen) atoms. The highest BCUT2D eigenvalue weighted by Crippen LogP contribution is 2.17. The topological polar surface area (TPSA) is 31.4 Å². The molecule has 0 saturated carbocycles. The number of pyridine rings is 1. The Morgan fingerprint density at radius 3 is 2.62 bits per heavy atom. The van der Waals surface area contributed by atoms with Gasteiger partial charge in [0.1, 0.15) is 5.82 Å². The quantitative estimate of drug-likeness (QED) is 0.926. The molecule has 1 aromatic rings. The molecular weight excluding hydrogens is 260 g/mol. The Morgan fingerprint density at radius 1 is 1.14 bits per heavy atom. The molecule has 0 spiro atoms. The van der Waals surface area contributed by atoms with Crippen molar-refractivity contribution in [3.63, 3.8) is 0 Å². The zero-order valence-electron chi connectivity index (χ0n) is 14.2. The molecule has 1 aliphatic rings. The van der Waals surface area contributed by atoms with Crippen LogP contribution in [0.4, 0.5) is 5.82 Å². The molecule has 4 heteroatoms. The van der Waals surface area contributed by atoms with Gasteiger partial charge in [0, 0.05) is 37.4 Å². The lowest BCUT2D eigenvalue weighted by atomic mass is 10.1. The van der Waals surface area contributed by atoms with E-state index in [1.165, 1.54) is 18.5 Å². The van der Waals surface area contributed by atoms with Crippen LogP contribution in [-0.4, -0.2) is 48.6 Å². The van der Waals surface area contributed by atoms with E-state index in [0.717, 1.165) is 37.7 Å². The van der Waals surface area contributed by atoms with E-state index in [-0.39, 0.29) is 5.54 Å². The lowest BCUT2D eigenvalue weighted by molar-refractivity contribution is 0.360. The Hall–Kier alpha value is -1.13. The van der Waals surface area contributed by atoms with Crippen LogP contribution >= 0.6 is 0 Å². The number of nitrogens with one attached hydrogen (secondary N) is 1. The highest BCUT2D eigenvalue weighted by molar-refractivity contribution is 5.43. The van der Waals surface area contributed by atoms with Gasteiger partial charge in [-0.2, -0.15) is 0 Å². The summed E-state index contributed by atoms with van der Waals surface area (Å²) in [6.07, 6.45) is 1.21. The number of nitrogens with zero attached hydrogens (tertiary/aromatic N) is 3. The molecular formula is C17H30N4. The first-order valence-electron chi connectivity index (χ1n) is 7.99. The molecule has 1 aliphatic heterocycles. The van der Waals surface area contributed by atoms with Gasteiger partial charge in [0.15, 0.2) is 0 Å². The first-order valence-corrected chi connectivity index (χ1v) is 7.99. The normalized spacial score (nSPS) is 17.9. The molecule has 2 heterocycles.